The van der Waals surface area contributed by atoms with E-state index in [2.05, 4.69) is 4.74 Å². The highest BCUT2D eigenvalue weighted by Gasteiger charge is 2.36. The number of phenolic OH excluding ortho intramolecular Hbond substituents is 2. The molecule has 0 spiro atoms. The second-order valence-electron chi connectivity index (χ2n) is 6.76. The second-order valence-corrected chi connectivity index (χ2v) is 6.76. The van der Waals surface area contributed by atoms with Gasteiger partial charge in [-0.15, -0.1) is 0 Å². The van der Waals surface area contributed by atoms with Gasteiger partial charge in [-0.25, -0.2) is 0 Å². The molecule has 0 aliphatic heterocycles. The van der Waals surface area contributed by atoms with E-state index in [4.69, 9.17) is 9.90 Å². The Morgan fingerprint density at radius 2 is 1.66 bits per heavy atom. The smallest absolute Gasteiger partial charge is 0.293 e. The number of carbonyl (C=O) groups excluding carboxylic acids is 3. The Kier molecular flexibility index (Phi) is 6.06. The number of pyridine rings is 1. The van der Waals surface area contributed by atoms with Gasteiger partial charge in [0.25, 0.3) is 18.5 Å². The summed E-state index contributed by atoms with van der Waals surface area (Å²) in [6.07, 6.45) is 0. The largest absolute Gasteiger partial charge is 0.507 e. The van der Waals surface area contributed by atoms with Crippen molar-refractivity contribution in [2.24, 2.45) is 0 Å². The first-order valence-corrected chi connectivity index (χ1v) is 9.23. The average molecular weight is 439 g/mol. The summed E-state index contributed by atoms with van der Waals surface area (Å²) in [6, 6.07) is 7.02. The molecule has 0 radical (unpaired) electrons. The van der Waals surface area contributed by atoms with E-state index in [9.17, 15) is 29.4 Å². The maximum absolute atomic E-state index is 13.2. The Balaban J connectivity index is 0.000000913. The van der Waals surface area contributed by atoms with Gasteiger partial charge < -0.3 is 24.6 Å². The summed E-state index contributed by atoms with van der Waals surface area (Å²) < 4.78 is 5.85. The number of hydrogen-bond acceptors (Lipinski definition) is 8. The Morgan fingerprint density at radius 1 is 1.00 bits per heavy atom. The highest BCUT2D eigenvalue weighted by atomic mass is 16.5. The summed E-state index contributed by atoms with van der Waals surface area (Å²) in [5.41, 5.74) is -0.576. The Hall–Kier alpha value is -4.47. The van der Waals surface area contributed by atoms with Gasteiger partial charge in [-0.2, -0.15) is 0 Å². The van der Waals surface area contributed by atoms with E-state index in [-0.39, 0.29) is 65.2 Å². The van der Waals surface area contributed by atoms with Crippen LogP contribution in [0.25, 0.3) is 10.8 Å². The van der Waals surface area contributed by atoms with Crippen LogP contribution < -0.4 is 5.56 Å². The molecule has 10 nitrogen and oxygen atoms in total. The van der Waals surface area contributed by atoms with Gasteiger partial charge in [-0.05, 0) is 24.4 Å². The molecule has 1 aliphatic rings. The number of rotatable bonds is 4. The third-order valence-electron chi connectivity index (χ3n) is 5.13. The molecule has 1 aromatic heterocycles. The van der Waals surface area contributed by atoms with E-state index in [1.807, 2.05) is 0 Å². The molecule has 1 heterocycles. The summed E-state index contributed by atoms with van der Waals surface area (Å²) in [6.45, 7) is 1.44. The van der Waals surface area contributed by atoms with E-state index in [1.165, 1.54) is 23.6 Å². The second kappa shape index (κ2) is 8.72. The number of phenols is 2. The average Bonchev–Trinajstić information content (AvgIpc) is 2.74. The standard InChI is InChI=1S/C21H15NO7.CH2O2/c1-10-16-13(8-15(25)22(10)5-6-29-9-23)19(26)12-7-11-3-2-4-14(24)17(11)21(28)18(12)20(16)27;2-1-3/h2-4,7-9,24,28H,5-6H2,1H3;1H,(H,2,3). The number of aromatic hydroxyl groups is 2. The van der Waals surface area contributed by atoms with Gasteiger partial charge in [0.05, 0.1) is 23.1 Å². The van der Waals surface area contributed by atoms with Crippen molar-refractivity contribution < 1.29 is 39.2 Å². The third kappa shape index (κ3) is 3.47. The van der Waals surface area contributed by atoms with Crippen molar-refractivity contribution >= 4 is 35.3 Å². The summed E-state index contributed by atoms with van der Waals surface area (Å²) in [5, 5.41) is 28.2. The highest BCUT2D eigenvalue weighted by molar-refractivity contribution is 6.31. The van der Waals surface area contributed by atoms with Gasteiger partial charge >= 0.3 is 0 Å². The minimum Gasteiger partial charge on any atom is -0.507 e. The maximum Gasteiger partial charge on any atom is 0.293 e. The minimum absolute atomic E-state index is 0.00160. The first kappa shape index (κ1) is 22.2. The lowest BCUT2D eigenvalue weighted by molar-refractivity contribution is -0.129. The molecular formula is C22H17NO9. The van der Waals surface area contributed by atoms with Gasteiger partial charge in [-0.1, -0.05) is 12.1 Å². The number of hydrogen-bond donors (Lipinski definition) is 3. The van der Waals surface area contributed by atoms with Crippen molar-refractivity contribution in [3.05, 3.63) is 68.6 Å². The zero-order valence-corrected chi connectivity index (χ0v) is 16.7. The Morgan fingerprint density at radius 3 is 2.31 bits per heavy atom. The van der Waals surface area contributed by atoms with Gasteiger partial charge in [0.15, 0.2) is 11.6 Å². The highest BCUT2D eigenvalue weighted by Crippen LogP contribution is 2.41. The number of ether oxygens (including phenoxy) is 1. The van der Waals surface area contributed by atoms with Crippen LogP contribution in [0.2, 0.25) is 0 Å². The number of carbonyl (C=O) groups is 4. The van der Waals surface area contributed by atoms with Crippen LogP contribution in [0.1, 0.15) is 37.5 Å². The van der Waals surface area contributed by atoms with Gasteiger partial charge in [0.2, 0.25) is 0 Å². The number of ketones is 2. The fourth-order valence-corrected chi connectivity index (χ4v) is 3.80. The zero-order valence-electron chi connectivity index (χ0n) is 16.7. The lowest BCUT2D eigenvalue weighted by Gasteiger charge is -2.23. The first-order chi connectivity index (χ1) is 15.3. The van der Waals surface area contributed by atoms with Crippen molar-refractivity contribution in [3.8, 4) is 11.5 Å². The van der Waals surface area contributed by atoms with Crippen LogP contribution in [0.3, 0.4) is 0 Å². The fraction of sp³-hybridized carbons (Fsp3) is 0.136. The van der Waals surface area contributed by atoms with E-state index in [1.54, 1.807) is 12.1 Å². The van der Waals surface area contributed by atoms with Crippen LogP contribution in [0.5, 0.6) is 11.5 Å². The Labute approximate surface area is 179 Å². The normalized spacial score (nSPS) is 11.8. The molecule has 0 atom stereocenters. The van der Waals surface area contributed by atoms with Crippen LogP contribution in [0.4, 0.5) is 0 Å². The monoisotopic (exact) mass is 439 g/mol. The van der Waals surface area contributed by atoms with E-state index >= 15 is 0 Å². The summed E-state index contributed by atoms with van der Waals surface area (Å²) in [7, 11) is 0. The van der Waals surface area contributed by atoms with E-state index < -0.39 is 22.9 Å². The van der Waals surface area contributed by atoms with Crippen molar-refractivity contribution in [3.63, 3.8) is 0 Å². The summed E-state index contributed by atoms with van der Waals surface area (Å²) in [4.78, 5) is 57.5. The molecule has 0 saturated heterocycles. The number of fused-ring (bicyclic) bond motifs is 3. The van der Waals surface area contributed by atoms with E-state index in [0.29, 0.717) is 5.39 Å². The molecular weight excluding hydrogens is 422 g/mol. The molecule has 32 heavy (non-hydrogen) atoms. The molecule has 0 bridgehead atoms. The lowest BCUT2D eigenvalue weighted by Crippen LogP contribution is -2.32. The molecule has 164 valence electrons. The number of carboxylic acid groups (broad SMARTS) is 1. The predicted molar refractivity (Wildman–Crippen MR) is 110 cm³/mol. The molecule has 3 aromatic rings. The quantitative estimate of drug-likeness (QED) is 0.315. The number of benzene rings is 2. The first-order valence-electron chi connectivity index (χ1n) is 9.23. The fourth-order valence-electron chi connectivity index (χ4n) is 3.80. The van der Waals surface area contributed by atoms with Crippen molar-refractivity contribution in [1.82, 2.24) is 4.57 Å². The molecule has 3 N–H and O–H groups in total. The molecule has 0 unspecified atom stereocenters. The summed E-state index contributed by atoms with van der Waals surface area (Å²) in [5.74, 6) is -1.89. The Bertz CT molecular complexity index is 1340. The molecule has 0 fully saturated rings. The predicted octanol–water partition coefficient (Wildman–Crippen LogP) is 1.37. The van der Waals surface area contributed by atoms with Crippen LogP contribution in [-0.2, 0) is 20.9 Å². The molecule has 0 amide bonds. The van der Waals surface area contributed by atoms with Crippen LogP contribution in [0, 0.1) is 6.92 Å². The van der Waals surface area contributed by atoms with Gasteiger partial charge in [0, 0.05) is 22.9 Å². The summed E-state index contributed by atoms with van der Waals surface area (Å²) >= 11 is 0. The maximum atomic E-state index is 13.2. The molecule has 0 saturated carbocycles. The topological polar surface area (TPSA) is 160 Å². The van der Waals surface area contributed by atoms with Crippen molar-refractivity contribution in [2.45, 2.75) is 13.5 Å². The van der Waals surface area contributed by atoms with Crippen LogP contribution >= 0.6 is 0 Å². The number of nitrogens with zero attached hydrogens (tertiary/aromatic N) is 1. The van der Waals surface area contributed by atoms with Crippen molar-refractivity contribution in [2.75, 3.05) is 6.61 Å². The molecule has 2 aromatic carbocycles. The van der Waals surface area contributed by atoms with Crippen LogP contribution in [-0.4, -0.2) is 51.0 Å². The lowest BCUT2D eigenvalue weighted by atomic mass is 9.81. The molecule has 1 aliphatic carbocycles. The van der Waals surface area contributed by atoms with Gasteiger partial charge in [-0.3, -0.25) is 24.0 Å². The molecule has 4 rings (SSSR count). The van der Waals surface area contributed by atoms with Crippen LogP contribution in [0.15, 0.2) is 35.1 Å². The van der Waals surface area contributed by atoms with E-state index in [0.717, 1.165) is 6.07 Å². The minimum atomic E-state index is -0.625. The zero-order chi connectivity index (χ0) is 23.6. The SMILES string of the molecule is Cc1c2c(cc(=O)n1CCOC=O)C(=O)c1cc3cccc(O)c3c(O)c1C2=O.O=CO. The van der Waals surface area contributed by atoms with Gasteiger partial charge in [0.1, 0.15) is 18.1 Å². The van der Waals surface area contributed by atoms with Crippen molar-refractivity contribution in [1.29, 1.82) is 0 Å². The molecule has 10 heteroatoms. The number of aromatic nitrogens is 1. The third-order valence-corrected chi connectivity index (χ3v) is 5.13.